The molecule has 0 unspecified atom stereocenters. The molecule has 1 aromatic carbocycles. The van der Waals surface area contributed by atoms with Crippen LogP contribution in [-0.2, 0) is 14.4 Å². The Balaban J connectivity index is 1.70. The summed E-state index contributed by atoms with van der Waals surface area (Å²) in [5.41, 5.74) is 1.07. The lowest BCUT2D eigenvalue weighted by molar-refractivity contribution is -0.143. The second-order valence-corrected chi connectivity index (χ2v) is 7.02. The minimum Gasteiger partial charge on any atom is -0.493 e. The molecule has 1 N–H and O–H groups in total. The summed E-state index contributed by atoms with van der Waals surface area (Å²) in [7, 11) is 0. The van der Waals surface area contributed by atoms with Crippen molar-refractivity contribution in [1.29, 1.82) is 0 Å². The van der Waals surface area contributed by atoms with Gasteiger partial charge in [0.15, 0.2) is 0 Å². The van der Waals surface area contributed by atoms with Gasteiger partial charge in [0.1, 0.15) is 5.75 Å². The van der Waals surface area contributed by atoms with Crippen molar-refractivity contribution in [3.8, 4) is 5.75 Å². The molecule has 1 aliphatic heterocycles. The molecule has 8 heteroatoms. The van der Waals surface area contributed by atoms with Crippen molar-refractivity contribution in [3.05, 3.63) is 28.2 Å². The van der Waals surface area contributed by atoms with E-state index >= 15 is 0 Å². The maximum atomic E-state index is 12.3. The van der Waals surface area contributed by atoms with Gasteiger partial charge in [-0.25, -0.2) is 0 Å². The van der Waals surface area contributed by atoms with Crippen molar-refractivity contribution in [2.45, 2.75) is 26.2 Å². The number of rotatable bonds is 7. The molecule has 1 fully saturated rings. The minimum atomic E-state index is -0.979. The standard InChI is InChI=1S/C18H23BrN2O5/c1-13-12-14(2-3-15(13)19)26-11-6-17(23)21-9-7-20(8-10-21)16(22)4-5-18(24)25/h2-3,12H,4-11H2,1H3,(H,24,25). The van der Waals surface area contributed by atoms with E-state index in [-0.39, 0.29) is 31.1 Å². The molecule has 1 aromatic rings. The van der Waals surface area contributed by atoms with Crippen LogP contribution in [-0.4, -0.2) is 65.5 Å². The highest BCUT2D eigenvalue weighted by Crippen LogP contribution is 2.21. The highest BCUT2D eigenvalue weighted by atomic mass is 79.9. The number of piperazine rings is 1. The van der Waals surface area contributed by atoms with Crippen molar-refractivity contribution in [3.63, 3.8) is 0 Å². The predicted molar refractivity (Wildman–Crippen MR) is 99.0 cm³/mol. The Morgan fingerprint density at radius 3 is 2.15 bits per heavy atom. The monoisotopic (exact) mass is 426 g/mol. The Kier molecular flexibility index (Phi) is 7.44. The maximum absolute atomic E-state index is 12.3. The van der Waals surface area contributed by atoms with Gasteiger partial charge in [-0.2, -0.15) is 0 Å². The fourth-order valence-corrected chi connectivity index (χ4v) is 2.95. The van der Waals surface area contributed by atoms with E-state index < -0.39 is 5.97 Å². The van der Waals surface area contributed by atoms with E-state index in [0.29, 0.717) is 32.8 Å². The van der Waals surface area contributed by atoms with Crippen LogP contribution in [0, 0.1) is 6.92 Å². The third-order valence-corrected chi connectivity index (χ3v) is 5.14. The molecule has 1 aliphatic rings. The second kappa shape index (κ2) is 9.56. The maximum Gasteiger partial charge on any atom is 0.303 e. The zero-order chi connectivity index (χ0) is 19.1. The van der Waals surface area contributed by atoms with Crippen molar-refractivity contribution in [2.24, 2.45) is 0 Å². The summed E-state index contributed by atoms with van der Waals surface area (Å²) in [6, 6.07) is 5.67. The molecule has 1 heterocycles. The number of hydrogen-bond donors (Lipinski definition) is 1. The number of aryl methyl sites for hydroxylation is 1. The van der Waals surface area contributed by atoms with E-state index in [2.05, 4.69) is 15.9 Å². The largest absolute Gasteiger partial charge is 0.493 e. The van der Waals surface area contributed by atoms with E-state index in [0.717, 1.165) is 15.8 Å². The number of carbonyl (C=O) groups is 3. The molecule has 0 aliphatic carbocycles. The SMILES string of the molecule is Cc1cc(OCCC(=O)N2CCN(C(=O)CCC(=O)O)CC2)ccc1Br. The van der Waals surface area contributed by atoms with E-state index in [4.69, 9.17) is 9.84 Å². The molecule has 0 atom stereocenters. The molecule has 26 heavy (non-hydrogen) atoms. The van der Waals surface area contributed by atoms with Crippen molar-refractivity contribution in [2.75, 3.05) is 32.8 Å². The fraction of sp³-hybridized carbons (Fsp3) is 0.500. The molecular weight excluding hydrogens is 404 g/mol. The number of benzene rings is 1. The summed E-state index contributed by atoms with van der Waals surface area (Å²) in [6.07, 6.45) is 0.122. The van der Waals surface area contributed by atoms with Gasteiger partial charge in [0.05, 0.1) is 19.4 Å². The van der Waals surface area contributed by atoms with E-state index in [1.54, 1.807) is 9.80 Å². The quantitative estimate of drug-likeness (QED) is 0.720. The normalized spacial score (nSPS) is 14.2. The third kappa shape index (κ3) is 6.01. The highest BCUT2D eigenvalue weighted by Gasteiger charge is 2.24. The van der Waals surface area contributed by atoms with Crippen molar-refractivity contribution in [1.82, 2.24) is 9.80 Å². The summed E-state index contributed by atoms with van der Waals surface area (Å²) in [6.45, 7) is 4.09. The molecule has 0 radical (unpaired) electrons. The number of aliphatic carboxylic acids is 1. The third-order valence-electron chi connectivity index (χ3n) is 4.25. The fourth-order valence-electron chi connectivity index (χ4n) is 2.70. The zero-order valence-corrected chi connectivity index (χ0v) is 16.3. The molecule has 2 amide bonds. The van der Waals surface area contributed by atoms with Gasteiger partial charge in [0, 0.05) is 37.1 Å². The summed E-state index contributed by atoms with van der Waals surface area (Å²) < 4.78 is 6.64. The van der Waals surface area contributed by atoms with E-state index in [1.807, 2.05) is 25.1 Å². The molecule has 0 aromatic heterocycles. The first-order valence-electron chi connectivity index (χ1n) is 8.53. The number of amides is 2. The van der Waals surface area contributed by atoms with Crippen LogP contribution in [0.5, 0.6) is 5.75 Å². The van der Waals surface area contributed by atoms with Crippen molar-refractivity contribution < 1.29 is 24.2 Å². The molecule has 0 spiro atoms. The topological polar surface area (TPSA) is 87.2 Å². The number of hydrogen-bond acceptors (Lipinski definition) is 4. The van der Waals surface area contributed by atoms with Gasteiger partial charge in [-0.05, 0) is 30.7 Å². The summed E-state index contributed by atoms with van der Waals surface area (Å²) in [4.78, 5) is 38.0. The van der Waals surface area contributed by atoms with Gasteiger partial charge < -0.3 is 19.6 Å². The minimum absolute atomic E-state index is 0.00327. The molecule has 0 saturated carbocycles. The number of ether oxygens (including phenoxy) is 1. The van der Waals surface area contributed by atoms with Crippen LogP contribution in [0.15, 0.2) is 22.7 Å². The Morgan fingerprint density at radius 1 is 1.04 bits per heavy atom. The van der Waals surface area contributed by atoms with Crippen LogP contribution in [0.25, 0.3) is 0 Å². The Labute approximate surface area is 161 Å². The first kappa shape index (κ1) is 20.2. The first-order chi connectivity index (χ1) is 12.4. The van der Waals surface area contributed by atoms with Crippen LogP contribution in [0.1, 0.15) is 24.8 Å². The Bertz CT molecular complexity index is 672. The van der Waals surface area contributed by atoms with Gasteiger partial charge in [-0.3, -0.25) is 14.4 Å². The smallest absolute Gasteiger partial charge is 0.303 e. The van der Waals surface area contributed by atoms with Crippen LogP contribution in [0.3, 0.4) is 0 Å². The summed E-state index contributed by atoms with van der Waals surface area (Å²) in [5, 5.41) is 8.63. The lowest BCUT2D eigenvalue weighted by Crippen LogP contribution is -2.50. The average Bonchev–Trinajstić information content (AvgIpc) is 2.62. The average molecular weight is 427 g/mol. The zero-order valence-electron chi connectivity index (χ0n) is 14.7. The van der Waals surface area contributed by atoms with Gasteiger partial charge in [-0.15, -0.1) is 0 Å². The molecule has 142 valence electrons. The molecule has 0 bridgehead atoms. The molecule has 7 nitrogen and oxygen atoms in total. The Hall–Kier alpha value is -2.09. The summed E-state index contributed by atoms with van der Waals surface area (Å²) >= 11 is 3.43. The van der Waals surface area contributed by atoms with Crippen LogP contribution in [0.2, 0.25) is 0 Å². The highest BCUT2D eigenvalue weighted by molar-refractivity contribution is 9.10. The van der Waals surface area contributed by atoms with E-state index in [1.165, 1.54) is 0 Å². The molecular formula is C18H23BrN2O5. The number of carboxylic acid groups (broad SMARTS) is 1. The first-order valence-corrected chi connectivity index (χ1v) is 9.32. The second-order valence-electron chi connectivity index (χ2n) is 6.16. The van der Waals surface area contributed by atoms with Crippen LogP contribution >= 0.6 is 15.9 Å². The number of carbonyl (C=O) groups excluding carboxylic acids is 2. The number of halogens is 1. The lowest BCUT2D eigenvalue weighted by Gasteiger charge is -2.34. The van der Waals surface area contributed by atoms with E-state index in [9.17, 15) is 14.4 Å². The van der Waals surface area contributed by atoms with Gasteiger partial charge in [0.25, 0.3) is 0 Å². The van der Waals surface area contributed by atoms with Crippen molar-refractivity contribution >= 4 is 33.7 Å². The summed E-state index contributed by atoms with van der Waals surface area (Å²) in [5.74, 6) is -0.426. The van der Waals surface area contributed by atoms with Gasteiger partial charge in [-0.1, -0.05) is 15.9 Å². The molecule has 1 saturated heterocycles. The van der Waals surface area contributed by atoms with Crippen LogP contribution < -0.4 is 4.74 Å². The number of nitrogens with zero attached hydrogens (tertiary/aromatic N) is 2. The Morgan fingerprint density at radius 2 is 1.62 bits per heavy atom. The predicted octanol–water partition coefficient (Wildman–Crippen LogP) is 2.06. The van der Waals surface area contributed by atoms with Crippen LogP contribution in [0.4, 0.5) is 0 Å². The van der Waals surface area contributed by atoms with Gasteiger partial charge >= 0.3 is 5.97 Å². The number of carboxylic acids is 1. The molecule has 2 rings (SSSR count). The van der Waals surface area contributed by atoms with Gasteiger partial charge in [0.2, 0.25) is 11.8 Å². The lowest BCUT2D eigenvalue weighted by atomic mass is 10.2.